The number of methoxy groups -OCH3 is 1. The smallest absolute Gasteiger partial charge is 0.293 e. The van der Waals surface area contributed by atoms with Gasteiger partial charge < -0.3 is 9.47 Å². The van der Waals surface area contributed by atoms with Gasteiger partial charge in [0.05, 0.1) is 18.6 Å². The van der Waals surface area contributed by atoms with Crippen LogP contribution in [0.4, 0.5) is 13.6 Å². The molecule has 3 aromatic rings. The Labute approximate surface area is 203 Å². The van der Waals surface area contributed by atoms with Crippen molar-refractivity contribution in [1.82, 2.24) is 4.90 Å². The second-order valence-electron chi connectivity index (χ2n) is 7.33. The molecule has 0 bridgehead atoms. The van der Waals surface area contributed by atoms with Crippen LogP contribution in [-0.2, 0) is 17.9 Å². The average Bonchev–Trinajstić information content (AvgIpc) is 3.07. The Morgan fingerprint density at radius 2 is 1.71 bits per heavy atom. The van der Waals surface area contributed by atoms with Gasteiger partial charge >= 0.3 is 0 Å². The number of rotatable bonds is 7. The number of nitrogens with zero attached hydrogens (tertiary/aromatic N) is 1. The normalized spacial score (nSPS) is 14.7. The summed E-state index contributed by atoms with van der Waals surface area (Å²) >= 11 is 6.85. The molecule has 5 nitrogen and oxygen atoms in total. The summed E-state index contributed by atoms with van der Waals surface area (Å²) in [5, 5.41) is -0.306. The van der Waals surface area contributed by atoms with Gasteiger partial charge in [0.25, 0.3) is 11.1 Å². The van der Waals surface area contributed by atoms with Crippen LogP contribution in [0.3, 0.4) is 0 Å². The molecule has 1 saturated heterocycles. The molecule has 0 unspecified atom stereocenters. The van der Waals surface area contributed by atoms with E-state index in [4.69, 9.17) is 21.1 Å². The number of hydrogen-bond donors (Lipinski definition) is 0. The second-order valence-corrected chi connectivity index (χ2v) is 8.73. The fourth-order valence-corrected chi connectivity index (χ4v) is 4.31. The van der Waals surface area contributed by atoms with Gasteiger partial charge in [0.15, 0.2) is 11.5 Å². The predicted octanol–water partition coefficient (Wildman–Crippen LogP) is 6.44. The first-order valence-electron chi connectivity index (χ1n) is 10.1. The monoisotopic (exact) mass is 501 g/mol. The zero-order valence-corrected chi connectivity index (χ0v) is 19.5. The Bertz CT molecular complexity index is 1280. The van der Waals surface area contributed by atoms with Crippen molar-refractivity contribution in [2.24, 2.45) is 0 Å². The molecule has 0 spiro atoms. The molecule has 0 radical (unpaired) electrons. The molecule has 0 saturated carbocycles. The molecular formula is C25H18ClF2NO4S. The summed E-state index contributed by atoms with van der Waals surface area (Å²) in [6.45, 7) is 0.130. The summed E-state index contributed by atoms with van der Waals surface area (Å²) in [7, 11) is 1.51. The van der Waals surface area contributed by atoms with Crippen LogP contribution in [0.15, 0.2) is 65.6 Å². The quantitative estimate of drug-likeness (QED) is 0.349. The molecule has 174 valence electrons. The fourth-order valence-electron chi connectivity index (χ4n) is 3.25. The highest BCUT2D eigenvalue weighted by Crippen LogP contribution is 2.36. The maximum Gasteiger partial charge on any atom is 0.293 e. The molecule has 9 heteroatoms. The minimum atomic E-state index is -0.500. The van der Waals surface area contributed by atoms with Gasteiger partial charge in [-0.3, -0.25) is 14.5 Å². The fraction of sp³-hybridized carbons (Fsp3) is 0.120. The molecule has 1 heterocycles. The lowest BCUT2D eigenvalue weighted by Gasteiger charge is -2.13. The van der Waals surface area contributed by atoms with E-state index in [1.165, 1.54) is 31.4 Å². The first-order chi connectivity index (χ1) is 16.3. The number of hydrogen-bond acceptors (Lipinski definition) is 5. The predicted molar refractivity (Wildman–Crippen MR) is 127 cm³/mol. The highest BCUT2D eigenvalue weighted by atomic mass is 35.5. The Kier molecular flexibility index (Phi) is 7.19. The molecule has 1 fully saturated rings. The van der Waals surface area contributed by atoms with Crippen molar-refractivity contribution >= 4 is 40.6 Å². The van der Waals surface area contributed by atoms with E-state index in [1.54, 1.807) is 36.4 Å². The summed E-state index contributed by atoms with van der Waals surface area (Å²) in [5.74, 6) is -0.394. The summed E-state index contributed by atoms with van der Waals surface area (Å²) < 4.78 is 37.6. The Balaban J connectivity index is 1.52. The number of imide groups is 1. The van der Waals surface area contributed by atoms with Gasteiger partial charge in [0.2, 0.25) is 0 Å². The SMILES string of the molecule is COc1ccc(/C=C2\SC(=O)N(Cc3ccc(F)cc3Cl)C2=O)cc1OCc1ccc(F)cc1. The van der Waals surface area contributed by atoms with E-state index >= 15 is 0 Å². The largest absolute Gasteiger partial charge is 0.493 e. The zero-order valence-electron chi connectivity index (χ0n) is 17.9. The number of amides is 2. The molecule has 34 heavy (non-hydrogen) atoms. The minimum absolute atomic E-state index is 0.0598. The maximum absolute atomic E-state index is 13.3. The number of ether oxygens (including phenoxy) is 2. The lowest BCUT2D eigenvalue weighted by molar-refractivity contribution is -0.123. The number of carbonyl (C=O) groups excluding carboxylic acids is 2. The summed E-state index contributed by atoms with van der Waals surface area (Å²) in [4.78, 5) is 26.6. The van der Waals surface area contributed by atoms with Crippen LogP contribution in [0, 0.1) is 11.6 Å². The Morgan fingerprint density at radius 3 is 2.41 bits per heavy atom. The van der Waals surface area contributed by atoms with Crippen LogP contribution < -0.4 is 9.47 Å². The molecule has 3 aromatic carbocycles. The molecule has 0 atom stereocenters. The first kappa shape index (κ1) is 23.8. The van der Waals surface area contributed by atoms with Gasteiger partial charge in [-0.05, 0) is 70.9 Å². The van der Waals surface area contributed by atoms with Gasteiger partial charge in [0, 0.05) is 5.02 Å². The van der Waals surface area contributed by atoms with E-state index in [-0.39, 0.29) is 28.9 Å². The van der Waals surface area contributed by atoms with Gasteiger partial charge in [-0.25, -0.2) is 8.78 Å². The van der Waals surface area contributed by atoms with Crippen molar-refractivity contribution in [3.05, 3.63) is 98.9 Å². The summed E-state index contributed by atoms with van der Waals surface area (Å²) in [6, 6.07) is 14.8. The van der Waals surface area contributed by atoms with Crippen LogP contribution in [0.5, 0.6) is 11.5 Å². The third-order valence-electron chi connectivity index (χ3n) is 5.01. The van der Waals surface area contributed by atoms with Crippen molar-refractivity contribution in [3.8, 4) is 11.5 Å². The Morgan fingerprint density at radius 1 is 0.971 bits per heavy atom. The summed E-state index contributed by atoms with van der Waals surface area (Å²) in [6.07, 6.45) is 1.58. The topological polar surface area (TPSA) is 55.8 Å². The maximum atomic E-state index is 13.3. The number of halogens is 3. The average molecular weight is 502 g/mol. The number of benzene rings is 3. The van der Waals surface area contributed by atoms with Crippen LogP contribution in [-0.4, -0.2) is 23.2 Å². The van der Waals surface area contributed by atoms with Crippen LogP contribution >= 0.6 is 23.4 Å². The second kappa shape index (κ2) is 10.3. The summed E-state index contributed by atoms with van der Waals surface area (Å²) in [5.41, 5.74) is 1.86. The van der Waals surface area contributed by atoms with E-state index in [1.807, 2.05) is 0 Å². The molecule has 4 rings (SSSR count). The Hall–Kier alpha value is -3.36. The number of thioether (sulfide) groups is 1. The van der Waals surface area contributed by atoms with E-state index in [0.717, 1.165) is 28.3 Å². The van der Waals surface area contributed by atoms with Crippen LogP contribution in [0.25, 0.3) is 6.08 Å². The molecule has 1 aliphatic heterocycles. The van der Waals surface area contributed by atoms with E-state index in [2.05, 4.69) is 0 Å². The lowest BCUT2D eigenvalue weighted by Crippen LogP contribution is -2.27. The molecule has 0 aliphatic carbocycles. The molecule has 1 aliphatic rings. The van der Waals surface area contributed by atoms with Crippen molar-refractivity contribution < 1.29 is 27.8 Å². The van der Waals surface area contributed by atoms with Gasteiger partial charge in [-0.15, -0.1) is 0 Å². The van der Waals surface area contributed by atoms with Gasteiger partial charge in [0.1, 0.15) is 18.2 Å². The van der Waals surface area contributed by atoms with E-state index < -0.39 is 17.0 Å². The highest BCUT2D eigenvalue weighted by molar-refractivity contribution is 8.18. The standard InChI is InChI=1S/C25H18ClF2NO4S/c1-32-21-9-4-16(10-22(21)33-14-15-2-6-18(27)7-3-15)11-23-24(30)29(25(31)34-23)13-17-5-8-19(28)12-20(17)26/h2-12H,13-14H2,1H3/b23-11-. The lowest BCUT2D eigenvalue weighted by atomic mass is 10.1. The third-order valence-corrected chi connectivity index (χ3v) is 6.27. The minimum Gasteiger partial charge on any atom is -0.493 e. The molecular weight excluding hydrogens is 484 g/mol. The van der Waals surface area contributed by atoms with Crippen molar-refractivity contribution in [1.29, 1.82) is 0 Å². The van der Waals surface area contributed by atoms with Crippen molar-refractivity contribution in [2.75, 3.05) is 7.11 Å². The number of carbonyl (C=O) groups is 2. The zero-order chi connectivity index (χ0) is 24.2. The van der Waals surface area contributed by atoms with E-state index in [0.29, 0.717) is 22.6 Å². The van der Waals surface area contributed by atoms with Crippen molar-refractivity contribution in [2.45, 2.75) is 13.2 Å². The first-order valence-corrected chi connectivity index (χ1v) is 11.3. The van der Waals surface area contributed by atoms with E-state index in [9.17, 15) is 18.4 Å². The van der Waals surface area contributed by atoms with Crippen LogP contribution in [0.1, 0.15) is 16.7 Å². The highest BCUT2D eigenvalue weighted by Gasteiger charge is 2.35. The third kappa shape index (κ3) is 5.40. The van der Waals surface area contributed by atoms with Crippen molar-refractivity contribution in [3.63, 3.8) is 0 Å². The molecule has 2 amide bonds. The van der Waals surface area contributed by atoms with Gasteiger partial charge in [-0.2, -0.15) is 0 Å². The van der Waals surface area contributed by atoms with Crippen LogP contribution in [0.2, 0.25) is 5.02 Å². The molecule has 0 aromatic heterocycles. The molecule has 0 N–H and O–H groups in total. The van der Waals surface area contributed by atoms with Gasteiger partial charge in [-0.1, -0.05) is 35.9 Å².